The summed E-state index contributed by atoms with van der Waals surface area (Å²) in [5.74, 6) is -5.99. The average Bonchev–Trinajstić information content (AvgIpc) is 2.32. The van der Waals surface area contributed by atoms with E-state index in [1.807, 2.05) is 0 Å². The van der Waals surface area contributed by atoms with Gasteiger partial charge in [-0.15, -0.1) is 0 Å². The molecule has 0 saturated carbocycles. The zero-order chi connectivity index (χ0) is 16.2. The molecule has 9 heteroatoms. The van der Waals surface area contributed by atoms with Gasteiger partial charge in [0.2, 0.25) is 10.0 Å². The van der Waals surface area contributed by atoms with E-state index >= 15 is 0 Å². The number of nitrogens with one attached hydrogen (secondary N) is 1. The van der Waals surface area contributed by atoms with Crippen LogP contribution >= 0.6 is 0 Å². The highest BCUT2D eigenvalue weighted by atomic mass is 32.2. The van der Waals surface area contributed by atoms with Gasteiger partial charge in [0.25, 0.3) is 0 Å². The second kappa shape index (κ2) is 6.90. The molecule has 0 amide bonds. The van der Waals surface area contributed by atoms with Crippen LogP contribution in [0.2, 0.25) is 0 Å². The Labute approximate surface area is 119 Å². The lowest BCUT2D eigenvalue weighted by Crippen LogP contribution is -2.41. The first-order valence-corrected chi connectivity index (χ1v) is 7.57. The van der Waals surface area contributed by atoms with Crippen molar-refractivity contribution < 1.29 is 31.5 Å². The Morgan fingerprint density at radius 1 is 1.29 bits per heavy atom. The van der Waals surface area contributed by atoms with Gasteiger partial charge in [0.1, 0.15) is 23.5 Å². The lowest BCUT2D eigenvalue weighted by molar-refractivity contribution is -0.139. The predicted molar refractivity (Wildman–Crippen MR) is 67.6 cm³/mol. The Morgan fingerprint density at radius 3 is 2.24 bits per heavy atom. The third-order valence-corrected chi connectivity index (χ3v) is 4.20. The molecule has 1 aromatic carbocycles. The summed E-state index contributed by atoms with van der Waals surface area (Å²) in [7, 11) is -4.76. The van der Waals surface area contributed by atoms with Crippen LogP contribution in [-0.4, -0.2) is 25.5 Å². The van der Waals surface area contributed by atoms with E-state index < -0.39 is 44.4 Å². The topological polar surface area (TPSA) is 83.5 Å². The van der Waals surface area contributed by atoms with Crippen LogP contribution in [0.15, 0.2) is 17.0 Å². The molecule has 0 bridgehead atoms. The number of carboxylic acids is 1. The van der Waals surface area contributed by atoms with E-state index in [2.05, 4.69) is 0 Å². The molecule has 2 N–H and O–H groups in total. The summed E-state index contributed by atoms with van der Waals surface area (Å²) >= 11 is 0. The smallest absolute Gasteiger partial charge is 0.321 e. The van der Waals surface area contributed by atoms with Crippen LogP contribution in [0, 0.1) is 17.5 Å². The summed E-state index contributed by atoms with van der Waals surface area (Å²) in [5, 5.41) is 8.92. The zero-order valence-corrected chi connectivity index (χ0v) is 11.9. The summed E-state index contributed by atoms with van der Waals surface area (Å²) in [6, 6.07) is -1.10. The molecule has 0 radical (unpaired) electrons. The van der Waals surface area contributed by atoms with Crippen molar-refractivity contribution in [3.8, 4) is 0 Å². The molecule has 21 heavy (non-hydrogen) atoms. The minimum absolute atomic E-state index is 0.0322. The number of aliphatic carboxylic acids is 1. The lowest BCUT2D eigenvalue weighted by atomic mass is 10.1. The molecule has 0 saturated heterocycles. The van der Waals surface area contributed by atoms with Gasteiger partial charge in [0.05, 0.1) is 0 Å². The van der Waals surface area contributed by atoms with Crippen LogP contribution in [0.25, 0.3) is 0 Å². The molecule has 1 atom stereocenters. The maximum atomic E-state index is 13.5. The number of unbranched alkanes of at least 4 members (excludes halogenated alkanes) is 1. The van der Waals surface area contributed by atoms with E-state index in [9.17, 15) is 26.4 Å². The first-order chi connectivity index (χ1) is 9.69. The van der Waals surface area contributed by atoms with Crippen molar-refractivity contribution in [3.05, 3.63) is 29.6 Å². The van der Waals surface area contributed by atoms with Crippen LogP contribution in [0.3, 0.4) is 0 Å². The summed E-state index contributed by atoms with van der Waals surface area (Å²) < 4.78 is 65.2. The van der Waals surface area contributed by atoms with Crippen LogP contribution in [0.1, 0.15) is 26.2 Å². The van der Waals surface area contributed by atoms with Crippen molar-refractivity contribution >= 4 is 16.0 Å². The number of hydrogen-bond acceptors (Lipinski definition) is 3. The quantitative estimate of drug-likeness (QED) is 0.803. The fraction of sp³-hybridized carbons (Fsp3) is 0.417. The van der Waals surface area contributed by atoms with Crippen LogP contribution in [0.5, 0.6) is 0 Å². The minimum Gasteiger partial charge on any atom is -0.480 e. The minimum atomic E-state index is -4.76. The molecule has 118 valence electrons. The zero-order valence-electron chi connectivity index (χ0n) is 11.1. The number of benzene rings is 1. The average molecular weight is 325 g/mol. The van der Waals surface area contributed by atoms with E-state index in [1.165, 1.54) is 0 Å². The molecule has 1 aromatic rings. The molecule has 0 fully saturated rings. The number of rotatable bonds is 7. The Kier molecular flexibility index (Phi) is 5.73. The van der Waals surface area contributed by atoms with Crippen molar-refractivity contribution in [2.45, 2.75) is 37.1 Å². The number of sulfonamides is 1. The monoisotopic (exact) mass is 325 g/mol. The molecule has 5 nitrogen and oxygen atoms in total. The van der Waals surface area contributed by atoms with Gasteiger partial charge in [0, 0.05) is 12.1 Å². The van der Waals surface area contributed by atoms with Gasteiger partial charge in [-0.25, -0.2) is 21.6 Å². The molecular weight excluding hydrogens is 311 g/mol. The van der Waals surface area contributed by atoms with Gasteiger partial charge in [-0.1, -0.05) is 19.8 Å². The van der Waals surface area contributed by atoms with Gasteiger partial charge < -0.3 is 5.11 Å². The highest BCUT2D eigenvalue weighted by Crippen LogP contribution is 2.20. The SMILES string of the molecule is CCCC[C@H](NS(=O)(=O)c1c(F)cc(F)cc1F)C(=O)O. The Hall–Kier alpha value is -1.61. The van der Waals surface area contributed by atoms with Crippen molar-refractivity contribution in [1.29, 1.82) is 0 Å². The molecule has 0 spiro atoms. The molecule has 1 rings (SSSR count). The van der Waals surface area contributed by atoms with Crippen molar-refractivity contribution in [1.82, 2.24) is 4.72 Å². The van der Waals surface area contributed by atoms with Gasteiger partial charge in [-0.05, 0) is 6.42 Å². The summed E-state index contributed by atoms with van der Waals surface area (Å²) in [6.45, 7) is 1.77. The van der Waals surface area contributed by atoms with E-state index in [1.54, 1.807) is 11.6 Å². The first-order valence-electron chi connectivity index (χ1n) is 6.08. The molecule has 0 aliphatic heterocycles. The van der Waals surface area contributed by atoms with E-state index in [4.69, 9.17) is 5.11 Å². The highest BCUT2D eigenvalue weighted by molar-refractivity contribution is 7.89. The van der Waals surface area contributed by atoms with Crippen LogP contribution < -0.4 is 4.72 Å². The number of halogens is 3. The van der Waals surface area contributed by atoms with E-state index in [-0.39, 0.29) is 18.6 Å². The normalized spacial score (nSPS) is 13.1. The van der Waals surface area contributed by atoms with Gasteiger partial charge in [-0.2, -0.15) is 4.72 Å². The summed E-state index contributed by atoms with van der Waals surface area (Å²) in [6.07, 6.45) is 0.994. The van der Waals surface area contributed by atoms with Gasteiger partial charge >= 0.3 is 5.97 Å². The Balaban J connectivity index is 3.14. The first kappa shape index (κ1) is 17.4. The number of carboxylic acid groups (broad SMARTS) is 1. The Morgan fingerprint density at radius 2 is 1.81 bits per heavy atom. The van der Waals surface area contributed by atoms with E-state index in [0.29, 0.717) is 12.8 Å². The lowest BCUT2D eigenvalue weighted by Gasteiger charge is -2.15. The summed E-state index contributed by atoms with van der Waals surface area (Å²) in [4.78, 5) is 9.57. The highest BCUT2D eigenvalue weighted by Gasteiger charge is 2.30. The number of hydrogen-bond donors (Lipinski definition) is 2. The van der Waals surface area contributed by atoms with Crippen LogP contribution in [-0.2, 0) is 14.8 Å². The van der Waals surface area contributed by atoms with Gasteiger partial charge in [-0.3, -0.25) is 4.79 Å². The largest absolute Gasteiger partial charge is 0.480 e. The number of carbonyl (C=O) groups is 1. The fourth-order valence-corrected chi connectivity index (χ4v) is 3.02. The maximum Gasteiger partial charge on any atom is 0.321 e. The second-order valence-corrected chi connectivity index (χ2v) is 6.00. The third kappa shape index (κ3) is 4.43. The molecule has 0 unspecified atom stereocenters. The van der Waals surface area contributed by atoms with Crippen molar-refractivity contribution in [2.24, 2.45) is 0 Å². The fourth-order valence-electron chi connectivity index (χ4n) is 1.67. The maximum absolute atomic E-state index is 13.5. The molecule has 0 aromatic heterocycles. The molecule has 0 aliphatic carbocycles. The Bertz CT molecular complexity index is 610. The van der Waals surface area contributed by atoms with Crippen molar-refractivity contribution in [3.63, 3.8) is 0 Å². The van der Waals surface area contributed by atoms with Crippen molar-refractivity contribution in [2.75, 3.05) is 0 Å². The summed E-state index contributed by atoms with van der Waals surface area (Å²) in [5.41, 5.74) is 0. The van der Waals surface area contributed by atoms with Crippen LogP contribution in [0.4, 0.5) is 13.2 Å². The third-order valence-electron chi connectivity index (χ3n) is 2.67. The molecule has 0 heterocycles. The van der Waals surface area contributed by atoms with Gasteiger partial charge in [0.15, 0.2) is 4.90 Å². The van der Waals surface area contributed by atoms with E-state index in [0.717, 1.165) is 0 Å². The second-order valence-electron chi connectivity index (χ2n) is 4.35. The standard InChI is InChI=1S/C12H14F3NO4S/c1-2-3-4-10(12(17)18)16-21(19,20)11-8(14)5-7(13)6-9(11)15/h5-6,10,16H,2-4H2,1H3,(H,17,18)/t10-/m0/s1. The predicted octanol–water partition coefficient (Wildman–Crippen LogP) is 2.03. The molecule has 0 aliphatic rings. The molecular formula is C12H14F3NO4S.